The van der Waals surface area contributed by atoms with Crippen molar-refractivity contribution in [3.8, 4) is 0 Å². The molecule has 0 aliphatic heterocycles. The van der Waals surface area contributed by atoms with Crippen LogP contribution >= 0.6 is 0 Å². The average Bonchev–Trinajstić information content (AvgIpc) is 2.55. The monoisotopic (exact) mass is 225 g/mol. The Labute approximate surface area is 101 Å². The summed E-state index contributed by atoms with van der Waals surface area (Å²) in [6, 6.07) is 8.46. The Morgan fingerprint density at radius 3 is 2.00 bits per heavy atom. The first-order valence-electron chi connectivity index (χ1n) is 5.95. The van der Waals surface area contributed by atoms with E-state index in [1.807, 2.05) is 31.6 Å². The van der Waals surface area contributed by atoms with Crippen LogP contribution in [0, 0.1) is 0 Å². The van der Waals surface area contributed by atoms with E-state index in [1.54, 1.807) is 0 Å². The van der Waals surface area contributed by atoms with Gasteiger partial charge in [-0.3, -0.25) is 9.97 Å². The Kier molecular flexibility index (Phi) is 2.61. The first kappa shape index (κ1) is 10.4. The molecule has 2 aromatic heterocycles. The fourth-order valence-corrected chi connectivity index (χ4v) is 2.52. The molecule has 0 spiro atoms. The van der Waals surface area contributed by atoms with Gasteiger partial charge in [-0.1, -0.05) is 12.1 Å². The molecule has 1 aliphatic carbocycles. The van der Waals surface area contributed by atoms with Crippen LogP contribution in [-0.4, -0.2) is 17.0 Å². The van der Waals surface area contributed by atoms with Gasteiger partial charge in [0.05, 0.1) is 17.4 Å². The molecule has 1 aliphatic rings. The van der Waals surface area contributed by atoms with Crippen molar-refractivity contribution in [1.82, 2.24) is 15.3 Å². The zero-order valence-corrected chi connectivity index (χ0v) is 9.85. The third-order valence-electron chi connectivity index (χ3n) is 3.35. The zero-order chi connectivity index (χ0) is 11.7. The number of rotatable bonds is 1. The molecule has 0 aromatic carbocycles. The molecule has 0 fully saturated rings. The molecule has 0 saturated carbocycles. The van der Waals surface area contributed by atoms with Crippen molar-refractivity contribution in [1.29, 1.82) is 0 Å². The van der Waals surface area contributed by atoms with Gasteiger partial charge in [0.25, 0.3) is 0 Å². The summed E-state index contributed by atoms with van der Waals surface area (Å²) in [7, 11) is 1.97. The Bertz CT molecular complexity index is 489. The molecule has 0 unspecified atom stereocenters. The SMILES string of the molecule is CNC1c2ncccc2CCc2cccnc21. The maximum atomic E-state index is 4.53. The second-order valence-corrected chi connectivity index (χ2v) is 4.32. The summed E-state index contributed by atoms with van der Waals surface area (Å²) in [5.41, 5.74) is 4.88. The third kappa shape index (κ3) is 1.72. The number of aromatic nitrogens is 2. The van der Waals surface area contributed by atoms with E-state index in [1.165, 1.54) is 11.1 Å². The van der Waals surface area contributed by atoms with E-state index in [0.717, 1.165) is 24.2 Å². The fourth-order valence-electron chi connectivity index (χ4n) is 2.52. The van der Waals surface area contributed by atoms with Crippen molar-refractivity contribution in [2.75, 3.05) is 7.05 Å². The van der Waals surface area contributed by atoms with Crippen molar-refractivity contribution >= 4 is 0 Å². The number of hydrogen-bond donors (Lipinski definition) is 1. The molecule has 0 atom stereocenters. The molecule has 0 radical (unpaired) electrons. The lowest BCUT2D eigenvalue weighted by Gasteiger charge is -2.16. The molecule has 17 heavy (non-hydrogen) atoms. The molecule has 2 aromatic rings. The van der Waals surface area contributed by atoms with Crippen LogP contribution in [0.4, 0.5) is 0 Å². The van der Waals surface area contributed by atoms with Crippen molar-refractivity contribution < 1.29 is 0 Å². The molecule has 3 heteroatoms. The molecule has 1 N–H and O–H groups in total. The molecular formula is C14H15N3. The van der Waals surface area contributed by atoms with E-state index in [2.05, 4.69) is 27.4 Å². The Morgan fingerprint density at radius 1 is 1.00 bits per heavy atom. The average molecular weight is 225 g/mol. The molecule has 86 valence electrons. The minimum absolute atomic E-state index is 0.116. The lowest BCUT2D eigenvalue weighted by molar-refractivity contribution is 0.648. The van der Waals surface area contributed by atoms with Crippen molar-refractivity contribution in [2.24, 2.45) is 0 Å². The molecule has 3 rings (SSSR count). The summed E-state index contributed by atoms with van der Waals surface area (Å²) < 4.78 is 0. The van der Waals surface area contributed by atoms with Gasteiger partial charge < -0.3 is 5.32 Å². The second kappa shape index (κ2) is 4.26. The highest BCUT2D eigenvalue weighted by atomic mass is 14.9. The van der Waals surface area contributed by atoms with Gasteiger partial charge in [-0.05, 0) is 43.1 Å². The van der Waals surface area contributed by atoms with Gasteiger partial charge in [0.2, 0.25) is 0 Å². The summed E-state index contributed by atoms with van der Waals surface area (Å²) >= 11 is 0. The highest BCUT2D eigenvalue weighted by Crippen LogP contribution is 2.28. The van der Waals surface area contributed by atoms with Crippen LogP contribution in [0.2, 0.25) is 0 Å². The standard InChI is InChI=1S/C14H15N3/c1-15-14-12-10(4-2-8-16-12)6-7-11-5-3-9-17-13(11)14/h2-5,8-9,14-15H,6-7H2,1H3. The normalized spacial score (nSPS) is 14.9. The van der Waals surface area contributed by atoms with Crippen LogP contribution in [0.1, 0.15) is 28.6 Å². The maximum absolute atomic E-state index is 4.53. The number of nitrogens with one attached hydrogen (secondary N) is 1. The van der Waals surface area contributed by atoms with E-state index in [-0.39, 0.29) is 6.04 Å². The summed E-state index contributed by atoms with van der Waals surface area (Å²) in [6.45, 7) is 0. The van der Waals surface area contributed by atoms with Gasteiger partial charge >= 0.3 is 0 Å². The summed E-state index contributed by atoms with van der Waals surface area (Å²) in [4.78, 5) is 9.06. The third-order valence-corrected chi connectivity index (χ3v) is 3.35. The van der Waals surface area contributed by atoms with E-state index in [4.69, 9.17) is 0 Å². The van der Waals surface area contributed by atoms with Gasteiger partial charge in [0.1, 0.15) is 0 Å². The Balaban J connectivity index is 2.19. The number of pyridine rings is 2. The van der Waals surface area contributed by atoms with Crippen molar-refractivity contribution in [2.45, 2.75) is 18.9 Å². The molecular weight excluding hydrogens is 210 g/mol. The van der Waals surface area contributed by atoms with Gasteiger partial charge in [-0.2, -0.15) is 0 Å². The number of nitrogens with zero attached hydrogens (tertiary/aromatic N) is 2. The number of fused-ring (bicyclic) bond motifs is 2. The predicted octanol–water partition coefficient (Wildman–Crippen LogP) is 1.88. The predicted molar refractivity (Wildman–Crippen MR) is 66.8 cm³/mol. The van der Waals surface area contributed by atoms with Crippen molar-refractivity contribution in [3.63, 3.8) is 0 Å². The first-order chi connectivity index (χ1) is 8.40. The quantitative estimate of drug-likeness (QED) is 0.805. The summed E-state index contributed by atoms with van der Waals surface area (Å²) in [5, 5.41) is 3.33. The number of aryl methyl sites for hydroxylation is 2. The van der Waals surface area contributed by atoms with Gasteiger partial charge in [-0.15, -0.1) is 0 Å². The van der Waals surface area contributed by atoms with Gasteiger partial charge in [0.15, 0.2) is 0 Å². The fraction of sp³-hybridized carbons (Fsp3) is 0.286. The first-order valence-corrected chi connectivity index (χ1v) is 5.95. The molecule has 2 heterocycles. The highest BCUT2D eigenvalue weighted by Gasteiger charge is 2.23. The second-order valence-electron chi connectivity index (χ2n) is 4.32. The lowest BCUT2D eigenvalue weighted by Crippen LogP contribution is -2.21. The molecule has 0 amide bonds. The van der Waals surface area contributed by atoms with Crippen LogP contribution < -0.4 is 5.32 Å². The Morgan fingerprint density at radius 2 is 1.53 bits per heavy atom. The van der Waals surface area contributed by atoms with Crippen LogP contribution in [-0.2, 0) is 12.8 Å². The van der Waals surface area contributed by atoms with Crippen LogP contribution in [0.5, 0.6) is 0 Å². The zero-order valence-electron chi connectivity index (χ0n) is 9.85. The van der Waals surface area contributed by atoms with Crippen LogP contribution in [0.25, 0.3) is 0 Å². The largest absolute Gasteiger partial charge is 0.307 e. The minimum atomic E-state index is 0.116. The van der Waals surface area contributed by atoms with E-state index in [0.29, 0.717) is 0 Å². The highest BCUT2D eigenvalue weighted by molar-refractivity contribution is 5.37. The van der Waals surface area contributed by atoms with E-state index < -0.39 is 0 Å². The summed E-state index contributed by atoms with van der Waals surface area (Å²) in [5.74, 6) is 0. The topological polar surface area (TPSA) is 37.8 Å². The van der Waals surface area contributed by atoms with Crippen LogP contribution in [0.3, 0.4) is 0 Å². The Hall–Kier alpha value is -1.74. The molecule has 0 bridgehead atoms. The minimum Gasteiger partial charge on any atom is -0.307 e. The summed E-state index contributed by atoms with van der Waals surface area (Å²) in [6.07, 6.45) is 5.80. The van der Waals surface area contributed by atoms with Crippen molar-refractivity contribution in [3.05, 3.63) is 59.2 Å². The van der Waals surface area contributed by atoms with Gasteiger partial charge in [-0.25, -0.2) is 0 Å². The molecule has 3 nitrogen and oxygen atoms in total. The lowest BCUT2D eigenvalue weighted by atomic mass is 10.0. The van der Waals surface area contributed by atoms with Crippen LogP contribution in [0.15, 0.2) is 36.7 Å². The van der Waals surface area contributed by atoms with E-state index >= 15 is 0 Å². The van der Waals surface area contributed by atoms with E-state index in [9.17, 15) is 0 Å². The number of hydrogen-bond acceptors (Lipinski definition) is 3. The smallest absolute Gasteiger partial charge is 0.0928 e. The maximum Gasteiger partial charge on any atom is 0.0928 e. The van der Waals surface area contributed by atoms with Gasteiger partial charge in [0, 0.05) is 12.4 Å². The molecule has 0 saturated heterocycles.